The molecule has 0 amide bonds. The van der Waals surface area contributed by atoms with Crippen LogP contribution in [0, 0.1) is 0 Å². The van der Waals surface area contributed by atoms with E-state index in [4.69, 9.17) is 4.74 Å². The van der Waals surface area contributed by atoms with E-state index in [9.17, 15) is 0 Å². The van der Waals surface area contributed by atoms with Crippen molar-refractivity contribution in [2.75, 3.05) is 17.7 Å². The second-order valence-electron chi connectivity index (χ2n) is 7.29. The summed E-state index contributed by atoms with van der Waals surface area (Å²) in [6.45, 7) is 7.18. The maximum atomic E-state index is 5.18. The van der Waals surface area contributed by atoms with Gasteiger partial charge in [0.25, 0.3) is 0 Å². The van der Waals surface area contributed by atoms with E-state index in [2.05, 4.69) is 52.7 Å². The summed E-state index contributed by atoms with van der Waals surface area (Å²) in [7, 11) is 1.66. The highest BCUT2D eigenvalue weighted by Crippen LogP contribution is 2.30. The molecule has 0 spiro atoms. The molecule has 0 radical (unpaired) electrons. The van der Waals surface area contributed by atoms with Gasteiger partial charge in [-0.25, -0.2) is 0 Å². The van der Waals surface area contributed by atoms with Gasteiger partial charge in [0.1, 0.15) is 5.75 Å². The Kier molecular flexibility index (Phi) is 5.54. The molecule has 27 heavy (non-hydrogen) atoms. The van der Waals surface area contributed by atoms with Crippen molar-refractivity contribution in [1.29, 1.82) is 0 Å². The van der Waals surface area contributed by atoms with E-state index in [0.29, 0.717) is 18.3 Å². The van der Waals surface area contributed by atoms with E-state index in [1.54, 1.807) is 13.3 Å². The van der Waals surface area contributed by atoms with Gasteiger partial charge in [0.05, 0.1) is 13.3 Å². The first-order valence-corrected chi connectivity index (χ1v) is 8.89. The standard InChI is InChI=1S/C21H25N5O/c1-21(2,3)17-7-5-6-8-18(17)24-20-25-19(14-23-26-20)22-13-15-9-11-16(27-4)12-10-15/h5-12,14H,13H2,1-4H3,(H2,22,24,25,26). The summed E-state index contributed by atoms with van der Waals surface area (Å²) in [5, 5.41) is 14.7. The van der Waals surface area contributed by atoms with Crippen LogP contribution in [0.25, 0.3) is 0 Å². The maximum absolute atomic E-state index is 5.18. The smallest absolute Gasteiger partial charge is 0.249 e. The van der Waals surface area contributed by atoms with E-state index < -0.39 is 0 Å². The zero-order chi connectivity index (χ0) is 19.3. The van der Waals surface area contributed by atoms with E-state index in [0.717, 1.165) is 17.0 Å². The Morgan fingerprint density at radius 1 is 1.00 bits per heavy atom. The van der Waals surface area contributed by atoms with Gasteiger partial charge in [-0.1, -0.05) is 51.1 Å². The molecular formula is C21H25N5O. The average molecular weight is 363 g/mol. The van der Waals surface area contributed by atoms with Crippen LogP contribution < -0.4 is 15.4 Å². The quantitative estimate of drug-likeness (QED) is 0.670. The molecule has 6 heteroatoms. The highest BCUT2D eigenvalue weighted by molar-refractivity contribution is 5.60. The Hall–Kier alpha value is -3.15. The van der Waals surface area contributed by atoms with Crippen molar-refractivity contribution in [3.63, 3.8) is 0 Å². The highest BCUT2D eigenvalue weighted by atomic mass is 16.5. The topological polar surface area (TPSA) is 72.0 Å². The summed E-state index contributed by atoms with van der Waals surface area (Å²) in [4.78, 5) is 4.52. The molecule has 0 bridgehead atoms. The van der Waals surface area contributed by atoms with Gasteiger partial charge < -0.3 is 15.4 Å². The predicted octanol–water partition coefficient (Wildman–Crippen LogP) is 4.53. The lowest BCUT2D eigenvalue weighted by molar-refractivity contribution is 0.414. The number of para-hydroxylation sites is 1. The first-order chi connectivity index (χ1) is 13.0. The van der Waals surface area contributed by atoms with Gasteiger partial charge in [0.2, 0.25) is 5.95 Å². The summed E-state index contributed by atoms with van der Waals surface area (Å²) in [5.74, 6) is 1.97. The molecule has 0 saturated heterocycles. The van der Waals surface area contributed by atoms with Gasteiger partial charge in [0, 0.05) is 12.2 Å². The highest BCUT2D eigenvalue weighted by Gasteiger charge is 2.18. The lowest BCUT2D eigenvalue weighted by Gasteiger charge is -2.22. The third kappa shape index (κ3) is 4.94. The molecule has 1 heterocycles. The number of nitrogens with one attached hydrogen (secondary N) is 2. The van der Waals surface area contributed by atoms with Crippen LogP contribution >= 0.6 is 0 Å². The fourth-order valence-electron chi connectivity index (χ4n) is 2.74. The molecule has 0 aliphatic carbocycles. The van der Waals surface area contributed by atoms with Crippen molar-refractivity contribution in [3.05, 3.63) is 65.9 Å². The Morgan fingerprint density at radius 3 is 2.44 bits per heavy atom. The Labute approximate surface area is 160 Å². The van der Waals surface area contributed by atoms with Crippen LogP contribution in [0.4, 0.5) is 17.5 Å². The van der Waals surface area contributed by atoms with Crippen molar-refractivity contribution < 1.29 is 4.74 Å². The molecule has 0 unspecified atom stereocenters. The molecular weight excluding hydrogens is 338 g/mol. The number of benzene rings is 2. The van der Waals surface area contributed by atoms with Crippen LogP contribution in [0.1, 0.15) is 31.9 Å². The minimum atomic E-state index is 0.0151. The Bertz CT molecular complexity index is 888. The lowest BCUT2D eigenvalue weighted by atomic mass is 9.86. The molecule has 6 nitrogen and oxygen atoms in total. The van der Waals surface area contributed by atoms with Gasteiger partial charge >= 0.3 is 0 Å². The van der Waals surface area contributed by atoms with Gasteiger partial charge in [-0.15, -0.1) is 5.10 Å². The number of anilines is 3. The van der Waals surface area contributed by atoms with Crippen LogP contribution in [0.2, 0.25) is 0 Å². The number of hydrogen-bond acceptors (Lipinski definition) is 6. The fraction of sp³-hybridized carbons (Fsp3) is 0.286. The van der Waals surface area contributed by atoms with E-state index in [1.165, 1.54) is 5.56 Å². The molecule has 2 N–H and O–H groups in total. The SMILES string of the molecule is COc1ccc(CNc2cnnc(Nc3ccccc3C(C)(C)C)n2)cc1. The summed E-state index contributed by atoms with van der Waals surface area (Å²) < 4.78 is 5.18. The molecule has 1 aromatic heterocycles. The fourth-order valence-corrected chi connectivity index (χ4v) is 2.74. The second kappa shape index (κ2) is 8.03. The number of aromatic nitrogens is 3. The minimum Gasteiger partial charge on any atom is -0.497 e. The number of methoxy groups -OCH3 is 1. The molecule has 140 valence electrons. The van der Waals surface area contributed by atoms with Crippen molar-refractivity contribution >= 4 is 17.5 Å². The van der Waals surface area contributed by atoms with Crippen LogP contribution in [-0.2, 0) is 12.0 Å². The van der Waals surface area contributed by atoms with Crippen LogP contribution in [0.3, 0.4) is 0 Å². The summed E-state index contributed by atoms with van der Waals surface area (Å²) >= 11 is 0. The molecule has 0 saturated carbocycles. The van der Waals surface area contributed by atoms with Gasteiger partial charge in [-0.05, 0) is 34.7 Å². The average Bonchev–Trinajstić information content (AvgIpc) is 2.67. The summed E-state index contributed by atoms with van der Waals surface area (Å²) in [6.07, 6.45) is 1.62. The van der Waals surface area contributed by atoms with Gasteiger partial charge in [-0.3, -0.25) is 0 Å². The minimum absolute atomic E-state index is 0.0151. The van der Waals surface area contributed by atoms with Crippen LogP contribution in [0.15, 0.2) is 54.7 Å². The molecule has 0 atom stereocenters. The predicted molar refractivity (Wildman–Crippen MR) is 109 cm³/mol. The van der Waals surface area contributed by atoms with Crippen molar-refractivity contribution in [2.24, 2.45) is 0 Å². The summed E-state index contributed by atoms with van der Waals surface area (Å²) in [6, 6.07) is 16.1. The largest absolute Gasteiger partial charge is 0.497 e. The first-order valence-electron chi connectivity index (χ1n) is 8.89. The molecule has 2 aromatic carbocycles. The van der Waals surface area contributed by atoms with Crippen LogP contribution in [0.5, 0.6) is 5.75 Å². The van der Waals surface area contributed by atoms with Gasteiger partial charge in [-0.2, -0.15) is 10.1 Å². The number of hydrogen-bond donors (Lipinski definition) is 2. The maximum Gasteiger partial charge on any atom is 0.249 e. The number of rotatable bonds is 6. The molecule has 3 aromatic rings. The lowest BCUT2D eigenvalue weighted by Crippen LogP contribution is -2.14. The monoisotopic (exact) mass is 363 g/mol. The number of nitrogens with zero attached hydrogens (tertiary/aromatic N) is 3. The third-order valence-electron chi connectivity index (χ3n) is 4.17. The molecule has 3 rings (SSSR count). The van der Waals surface area contributed by atoms with E-state index >= 15 is 0 Å². The zero-order valence-electron chi connectivity index (χ0n) is 16.2. The Balaban J connectivity index is 1.71. The Morgan fingerprint density at radius 2 is 1.74 bits per heavy atom. The van der Waals surface area contributed by atoms with Crippen LogP contribution in [-0.4, -0.2) is 22.3 Å². The third-order valence-corrected chi connectivity index (χ3v) is 4.17. The normalized spacial score (nSPS) is 11.1. The summed E-state index contributed by atoms with van der Waals surface area (Å²) in [5.41, 5.74) is 3.33. The van der Waals surface area contributed by atoms with E-state index in [-0.39, 0.29) is 5.41 Å². The molecule has 0 aliphatic rings. The van der Waals surface area contributed by atoms with Crippen molar-refractivity contribution in [3.8, 4) is 5.75 Å². The van der Waals surface area contributed by atoms with Gasteiger partial charge in [0.15, 0.2) is 5.82 Å². The number of ether oxygens (including phenoxy) is 1. The van der Waals surface area contributed by atoms with Crippen molar-refractivity contribution in [2.45, 2.75) is 32.7 Å². The second-order valence-corrected chi connectivity index (χ2v) is 7.29. The van der Waals surface area contributed by atoms with Crippen molar-refractivity contribution in [1.82, 2.24) is 15.2 Å². The van der Waals surface area contributed by atoms with E-state index in [1.807, 2.05) is 42.5 Å². The first kappa shape index (κ1) is 18.6. The zero-order valence-corrected chi connectivity index (χ0v) is 16.2. The molecule has 0 fully saturated rings. The molecule has 0 aliphatic heterocycles.